The van der Waals surface area contributed by atoms with E-state index in [1.807, 2.05) is 51.1 Å². The third-order valence-corrected chi connectivity index (χ3v) is 2.95. The van der Waals surface area contributed by atoms with E-state index < -0.39 is 0 Å². The predicted octanol–water partition coefficient (Wildman–Crippen LogP) is 2.98. The van der Waals surface area contributed by atoms with Crippen LogP contribution in [0, 0.1) is 0 Å². The number of hydrogen-bond donors (Lipinski definition) is 1. The molecule has 4 nitrogen and oxygen atoms in total. The monoisotopic (exact) mass is 272 g/mol. The summed E-state index contributed by atoms with van der Waals surface area (Å²) in [4.78, 5) is 23.9. The van der Waals surface area contributed by atoms with Crippen molar-refractivity contribution in [3.63, 3.8) is 0 Å². The molecule has 4 heteroatoms. The average molecular weight is 272 g/mol. The van der Waals surface area contributed by atoms with E-state index >= 15 is 0 Å². The lowest BCUT2D eigenvalue weighted by Crippen LogP contribution is -2.40. The molecule has 2 rings (SSSR count). The molecule has 106 valence electrons. The zero-order valence-corrected chi connectivity index (χ0v) is 12.1. The summed E-state index contributed by atoms with van der Waals surface area (Å²) in [6, 6.07) is 9.61. The van der Waals surface area contributed by atoms with Gasteiger partial charge in [-0.2, -0.15) is 0 Å². The van der Waals surface area contributed by atoms with Crippen molar-refractivity contribution < 1.29 is 9.59 Å². The first kappa shape index (κ1) is 14.3. The molecule has 0 aliphatic carbocycles. The van der Waals surface area contributed by atoms with Crippen LogP contribution in [-0.2, 0) is 4.79 Å². The second kappa shape index (κ2) is 5.49. The Morgan fingerprint density at radius 3 is 2.50 bits per heavy atom. The largest absolute Gasteiger partial charge is 0.351 e. The molecule has 0 bridgehead atoms. The van der Waals surface area contributed by atoms with Crippen LogP contribution < -0.4 is 5.32 Å². The second-order valence-corrected chi connectivity index (χ2v) is 5.94. The van der Waals surface area contributed by atoms with Gasteiger partial charge in [-0.1, -0.05) is 18.2 Å². The summed E-state index contributed by atoms with van der Waals surface area (Å²) in [7, 11) is 0. The Morgan fingerprint density at radius 2 is 1.80 bits per heavy atom. The van der Waals surface area contributed by atoms with E-state index in [9.17, 15) is 9.59 Å². The van der Waals surface area contributed by atoms with Gasteiger partial charge in [-0.15, -0.1) is 0 Å². The number of fused-ring (bicyclic) bond motifs is 1. The lowest BCUT2D eigenvalue weighted by Gasteiger charge is -2.20. The summed E-state index contributed by atoms with van der Waals surface area (Å²) in [6.07, 6.45) is 2.18. The lowest BCUT2D eigenvalue weighted by molar-refractivity contribution is -0.122. The fourth-order valence-electron chi connectivity index (χ4n) is 2.12. The molecule has 0 spiro atoms. The summed E-state index contributed by atoms with van der Waals surface area (Å²) in [5.74, 6) is -0.155. The predicted molar refractivity (Wildman–Crippen MR) is 79.7 cm³/mol. The van der Waals surface area contributed by atoms with Crippen LogP contribution in [0.3, 0.4) is 0 Å². The highest BCUT2D eigenvalue weighted by molar-refractivity contribution is 5.93. The molecule has 1 aromatic carbocycles. The standard InChI is InChI=1S/C16H20N2O2/c1-16(2,3)17-14(19)8-9-15(20)18-11-10-12-6-4-5-7-13(12)18/h4-7,10-11H,8-9H2,1-3H3,(H,17,19). The zero-order chi connectivity index (χ0) is 14.8. The summed E-state index contributed by atoms with van der Waals surface area (Å²) >= 11 is 0. The van der Waals surface area contributed by atoms with Crippen molar-refractivity contribution in [3.05, 3.63) is 36.5 Å². The van der Waals surface area contributed by atoms with Gasteiger partial charge in [0.05, 0.1) is 5.52 Å². The fraction of sp³-hybridized carbons (Fsp3) is 0.375. The smallest absolute Gasteiger partial charge is 0.231 e. The Kier molecular flexibility index (Phi) is 3.93. The SMILES string of the molecule is CC(C)(C)NC(=O)CCC(=O)n1ccc2ccccc21. The Labute approximate surface area is 118 Å². The van der Waals surface area contributed by atoms with Crippen LogP contribution in [0.5, 0.6) is 0 Å². The van der Waals surface area contributed by atoms with Crippen molar-refractivity contribution >= 4 is 22.7 Å². The first-order valence-corrected chi connectivity index (χ1v) is 6.77. The number of nitrogens with zero attached hydrogens (tertiary/aromatic N) is 1. The van der Waals surface area contributed by atoms with Crippen molar-refractivity contribution in [1.29, 1.82) is 0 Å². The minimum absolute atomic E-state index is 0.0599. The molecular formula is C16H20N2O2. The van der Waals surface area contributed by atoms with Gasteiger partial charge in [0.15, 0.2) is 0 Å². The molecule has 0 saturated carbocycles. The number of carbonyl (C=O) groups is 2. The van der Waals surface area contributed by atoms with Gasteiger partial charge < -0.3 is 5.32 Å². The molecule has 1 N–H and O–H groups in total. The molecule has 0 aliphatic rings. The van der Waals surface area contributed by atoms with Crippen molar-refractivity contribution in [3.8, 4) is 0 Å². The molecule has 0 unspecified atom stereocenters. The van der Waals surface area contributed by atoms with Crippen molar-refractivity contribution in [2.24, 2.45) is 0 Å². The molecule has 1 heterocycles. The molecule has 0 atom stereocenters. The second-order valence-electron chi connectivity index (χ2n) is 5.94. The average Bonchev–Trinajstić information content (AvgIpc) is 2.78. The van der Waals surface area contributed by atoms with Crippen molar-refractivity contribution in [2.75, 3.05) is 0 Å². The number of nitrogens with one attached hydrogen (secondary N) is 1. The highest BCUT2D eigenvalue weighted by Gasteiger charge is 2.15. The molecule has 0 radical (unpaired) electrons. The van der Waals surface area contributed by atoms with Crippen LogP contribution in [0.4, 0.5) is 0 Å². The normalized spacial score (nSPS) is 11.6. The molecular weight excluding hydrogens is 252 g/mol. The molecule has 0 saturated heterocycles. The molecule has 1 amide bonds. The van der Waals surface area contributed by atoms with Gasteiger partial charge in [0.2, 0.25) is 11.8 Å². The van der Waals surface area contributed by atoms with Gasteiger partial charge in [0, 0.05) is 30.0 Å². The number of para-hydroxylation sites is 1. The quantitative estimate of drug-likeness (QED) is 0.934. The van der Waals surface area contributed by atoms with Crippen molar-refractivity contribution in [1.82, 2.24) is 9.88 Å². The maximum absolute atomic E-state index is 12.2. The van der Waals surface area contributed by atoms with Gasteiger partial charge in [-0.3, -0.25) is 14.2 Å². The van der Waals surface area contributed by atoms with Gasteiger partial charge >= 0.3 is 0 Å². The third kappa shape index (κ3) is 3.47. The lowest BCUT2D eigenvalue weighted by atomic mass is 10.1. The third-order valence-electron chi connectivity index (χ3n) is 2.95. The summed E-state index contributed by atoms with van der Waals surface area (Å²) in [6.45, 7) is 5.77. The van der Waals surface area contributed by atoms with Crippen LogP contribution in [0.1, 0.15) is 38.4 Å². The summed E-state index contributed by atoms with van der Waals surface area (Å²) in [5, 5.41) is 3.88. The number of aromatic nitrogens is 1. The van der Waals surface area contributed by atoms with E-state index in [0.29, 0.717) is 0 Å². The van der Waals surface area contributed by atoms with E-state index in [0.717, 1.165) is 10.9 Å². The van der Waals surface area contributed by atoms with E-state index in [1.165, 1.54) is 0 Å². The minimum Gasteiger partial charge on any atom is -0.351 e. The number of amides is 1. The van der Waals surface area contributed by atoms with Crippen molar-refractivity contribution in [2.45, 2.75) is 39.2 Å². The fourth-order valence-corrected chi connectivity index (χ4v) is 2.12. The van der Waals surface area contributed by atoms with Crippen LogP contribution in [-0.4, -0.2) is 21.9 Å². The topological polar surface area (TPSA) is 51.1 Å². The Hall–Kier alpha value is -2.10. The Morgan fingerprint density at radius 1 is 1.10 bits per heavy atom. The number of rotatable bonds is 3. The molecule has 2 aromatic rings. The molecule has 20 heavy (non-hydrogen) atoms. The molecule has 0 fully saturated rings. The Balaban J connectivity index is 2.01. The highest BCUT2D eigenvalue weighted by atomic mass is 16.2. The van der Waals surface area contributed by atoms with Gasteiger partial charge in [0.1, 0.15) is 0 Å². The summed E-state index contributed by atoms with van der Waals surface area (Å²) < 4.78 is 1.61. The maximum atomic E-state index is 12.2. The van der Waals surface area contributed by atoms with E-state index in [4.69, 9.17) is 0 Å². The molecule has 0 aliphatic heterocycles. The highest BCUT2D eigenvalue weighted by Crippen LogP contribution is 2.15. The van der Waals surface area contributed by atoms with E-state index in [2.05, 4.69) is 5.32 Å². The first-order valence-electron chi connectivity index (χ1n) is 6.77. The molecule has 1 aromatic heterocycles. The number of carbonyl (C=O) groups excluding carboxylic acids is 2. The van der Waals surface area contributed by atoms with E-state index in [-0.39, 0.29) is 30.2 Å². The van der Waals surface area contributed by atoms with Crippen LogP contribution in [0.2, 0.25) is 0 Å². The van der Waals surface area contributed by atoms with Crippen LogP contribution in [0.15, 0.2) is 36.5 Å². The van der Waals surface area contributed by atoms with Gasteiger partial charge in [-0.05, 0) is 32.9 Å². The van der Waals surface area contributed by atoms with Gasteiger partial charge in [0.25, 0.3) is 0 Å². The maximum Gasteiger partial charge on any atom is 0.231 e. The van der Waals surface area contributed by atoms with Gasteiger partial charge in [-0.25, -0.2) is 0 Å². The summed E-state index contributed by atoms with van der Waals surface area (Å²) in [5.41, 5.74) is 0.619. The van der Waals surface area contributed by atoms with Crippen LogP contribution in [0.25, 0.3) is 10.9 Å². The number of hydrogen-bond acceptors (Lipinski definition) is 2. The first-order chi connectivity index (χ1) is 9.37. The van der Waals surface area contributed by atoms with Crippen LogP contribution >= 0.6 is 0 Å². The van der Waals surface area contributed by atoms with E-state index in [1.54, 1.807) is 10.8 Å². The minimum atomic E-state index is -0.264. The Bertz CT molecular complexity index is 635. The zero-order valence-electron chi connectivity index (χ0n) is 12.1. The number of benzene rings is 1.